The van der Waals surface area contributed by atoms with Crippen LogP contribution in [0.5, 0.6) is 0 Å². The molecule has 1 amide bonds. The predicted octanol–water partition coefficient (Wildman–Crippen LogP) is 2.19. The molecular formula is C20H20FN5O5S. The van der Waals surface area contributed by atoms with Crippen molar-refractivity contribution in [1.29, 1.82) is 0 Å². The summed E-state index contributed by atoms with van der Waals surface area (Å²) in [5, 5.41) is 17.6. The molecule has 32 heavy (non-hydrogen) atoms. The molecule has 0 fully saturated rings. The van der Waals surface area contributed by atoms with Crippen molar-refractivity contribution in [3.05, 3.63) is 81.9 Å². The number of amides is 1. The van der Waals surface area contributed by atoms with E-state index in [9.17, 15) is 27.7 Å². The van der Waals surface area contributed by atoms with Crippen LogP contribution in [0.15, 0.2) is 59.6 Å². The molecule has 2 aromatic carbocycles. The Kier molecular flexibility index (Phi) is 6.95. The molecule has 0 unspecified atom stereocenters. The van der Waals surface area contributed by atoms with Crippen molar-refractivity contribution in [2.24, 2.45) is 0 Å². The summed E-state index contributed by atoms with van der Waals surface area (Å²) in [6, 6.07) is 10.4. The smallest absolute Gasteiger partial charge is 0.270 e. The molecule has 0 saturated carbocycles. The normalized spacial score (nSPS) is 11.3. The van der Waals surface area contributed by atoms with Crippen LogP contribution in [0.4, 0.5) is 10.1 Å². The number of carbonyl (C=O) groups is 1. The van der Waals surface area contributed by atoms with Crippen LogP contribution in [-0.4, -0.2) is 42.1 Å². The maximum absolute atomic E-state index is 13.2. The third-order valence-electron chi connectivity index (χ3n) is 4.56. The van der Waals surface area contributed by atoms with Gasteiger partial charge in [0.15, 0.2) is 0 Å². The zero-order valence-corrected chi connectivity index (χ0v) is 17.8. The average molecular weight is 461 g/mol. The molecule has 0 saturated heterocycles. The summed E-state index contributed by atoms with van der Waals surface area (Å²) in [7, 11) is -3.98. The fraction of sp³-hybridized carbons (Fsp3) is 0.200. The summed E-state index contributed by atoms with van der Waals surface area (Å²) >= 11 is 0. The number of benzene rings is 2. The van der Waals surface area contributed by atoms with E-state index < -0.39 is 20.9 Å². The summed E-state index contributed by atoms with van der Waals surface area (Å²) in [5.41, 5.74) is 1.20. The van der Waals surface area contributed by atoms with Gasteiger partial charge >= 0.3 is 0 Å². The fourth-order valence-corrected chi connectivity index (χ4v) is 4.08. The standard InChI is InChI=1S/C20H20FN5O5S/c1-2-19-18(13-23-25(19)15-8-6-14(21)7-9-15)20(27)22-10-11-24-32(30,31)17-5-3-4-16(12-17)26(28)29/h3-9,12-13,24H,2,10-11H2,1H3,(H,22,27). The van der Waals surface area contributed by atoms with Gasteiger partial charge in [-0.2, -0.15) is 5.10 Å². The van der Waals surface area contributed by atoms with E-state index in [2.05, 4.69) is 15.1 Å². The van der Waals surface area contributed by atoms with Crippen LogP contribution in [0.1, 0.15) is 23.0 Å². The maximum atomic E-state index is 13.2. The Bertz CT molecular complexity index is 1240. The molecule has 0 aliphatic heterocycles. The highest BCUT2D eigenvalue weighted by atomic mass is 32.2. The second-order valence-electron chi connectivity index (χ2n) is 6.65. The van der Waals surface area contributed by atoms with Crippen LogP contribution in [0, 0.1) is 15.9 Å². The number of halogens is 1. The van der Waals surface area contributed by atoms with Crippen LogP contribution < -0.4 is 10.0 Å². The SMILES string of the molecule is CCc1c(C(=O)NCCNS(=O)(=O)c2cccc([N+](=O)[O-])c2)cnn1-c1ccc(F)cc1. The van der Waals surface area contributed by atoms with Crippen molar-refractivity contribution in [2.75, 3.05) is 13.1 Å². The highest BCUT2D eigenvalue weighted by molar-refractivity contribution is 7.89. The molecule has 2 N–H and O–H groups in total. The molecule has 3 rings (SSSR count). The minimum atomic E-state index is -3.98. The Labute approximate surface area is 183 Å². The third-order valence-corrected chi connectivity index (χ3v) is 6.02. The maximum Gasteiger partial charge on any atom is 0.270 e. The van der Waals surface area contributed by atoms with E-state index in [0.717, 1.165) is 6.07 Å². The third kappa shape index (κ3) is 5.15. The Hall–Kier alpha value is -3.64. The first-order valence-corrected chi connectivity index (χ1v) is 11.1. The van der Waals surface area contributed by atoms with E-state index in [-0.39, 0.29) is 29.5 Å². The van der Waals surface area contributed by atoms with E-state index in [1.807, 2.05) is 6.92 Å². The topological polar surface area (TPSA) is 136 Å². The van der Waals surface area contributed by atoms with Crippen molar-refractivity contribution in [2.45, 2.75) is 18.2 Å². The van der Waals surface area contributed by atoms with E-state index in [1.165, 1.54) is 36.5 Å². The molecule has 0 aliphatic carbocycles. The Morgan fingerprint density at radius 3 is 2.56 bits per heavy atom. The quantitative estimate of drug-likeness (QED) is 0.285. The molecule has 0 atom stereocenters. The molecule has 0 bridgehead atoms. The van der Waals surface area contributed by atoms with Crippen LogP contribution in [0.25, 0.3) is 5.69 Å². The zero-order chi connectivity index (χ0) is 23.3. The van der Waals surface area contributed by atoms with Gasteiger partial charge in [0, 0.05) is 25.2 Å². The number of sulfonamides is 1. The Morgan fingerprint density at radius 2 is 1.91 bits per heavy atom. The molecule has 12 heteroatoms. The first-order valence-electron chi connectivity index (χ1n) is 9.58. The lowest BCUT2D eigenvalue weighted by Gasteiger charge is -2.10. The summed E-state index contributed by atoms with van der Waals surface area (Å²) in [5.74, 6) is -0.825. The number of aromatic nitrogens is 2. The largest absolute Gasteiger partial charge is 0.351 e. The van der Waals surface area contributed by atoms with Crippen molar-refractivity contribution < 1.29 is 22.5 Å². The molecule has 1 heterocycles. The number of nitrogens with one attached hydrogen (secondary N) is 2. The number of non-ortho nitro benzene ring substituents is 1. The number of rotatable bonds is 9. The lowest BCUT2D eigenvalue weighted by atomic mass is 10.2. The van der Waals surface area contributed by atoms with Gasteiger partial charge in [0.25, 0.3) is 11.6 Å². The molecule has 0 spiro atoms. The second-order valence-corrected chi connectivity index (χ2v) is 8.42. The molecule has 3 aromatic rings. The van der Waals surface area contributed by atoms with Crippen LogP contribution in [-0.2, 0) is 16.4 Å². The molecule has 10 nitrogen and oxygen atoms in total. The molecule has 1 aromatic heterocycles. The number of nitro benzene ring substituents is 1. The van der Waals surface area contributed by atoms with Crippen LogP contribution in [0.3, 0.4) is 0 Å². The first kappa shape index (κ1) is 23.0. The van der Waals surface area contributed by atoms with E-state index >= 15 is 0 Å². The lowest BCUT2D eigenvalue weighted by molar-refractivity contribution is -0.385. The van der Waals surface area contributed by atoms with E-state index in [0.29, 0.717) is 23.4 Å². The summed E-state index contributed by atoms with van der Waals surface area (Å²) in [6.45, 7) is 1.71. The summed E-state index contributed by atoms with van der Waals surface area (Å²) in [6.07, 6.45) is 1.88. The molecule has 0 aliphatic rings. The Balaban J connectivity index is 1.62. The van der Waals surface area contributed by atoms with Crippen LogP contribution in [0.2, 0.25) is 0 Å². The van der Waals surface area contributed by atoms with Crippen molar-refractivity contribution in [1.82, 2.24) is 19.8 Å². The summed E-state index contributed by atoms with van der Waals surface area (Å²) in [4.78, 5) is 22.5. The molecule has 168 valence electrons. The number of carbonyl (C=O) groups excluding carboxylic acids is 1. The van der Waals surface area contributed by atoms with Crippen molar-refractivity contribution >= 4 is 21.6 Å². The second kappa shape index (κ2) is 9.66. The van der Waals surface area contributed by atoms with Gasteiger partial charge in [-0.3, -0.25) is 14.9 Å². The highest BCUT2D eigenvalue weighted by Gasteiger charge is 2.19. The fourth-order valence-electron chi connectivity index (χ4n) is 3.01. The first-order chi connectivity index (χ1) is 15.2. The van der Waals surface area contributed by atoms with E-state index in [1.54, 1.807) is 16.8 Å². The summed E-state index contributed by atoms with van der Waals surface area (Å²) < 4.78 is 41.6. The monoisotopic (exact) mass is 461 g/mol. The molecular weight excluding hydrogens is 441 g/mol. The minimum Gasteiger partial charge on any atom is -0.351 e. The predicted molar refractivity (Wildman–Crippen MR) is 114 cm³/mol. The van der Waals surface area contributed by atoms with Gasteiger partial charge in [-0.05, 0) is 36.8 Å². The Morgan fingerprint density at radius 1 is 1.19 bits per heavy atom. The lowest BCUT2D eigenvalue weighted by Crippen LogP contribution is -2.35. The van der Waals surface area contributed by atoms with Gasteiger partial charge in [0.2, 0.25) is 10.0 Å². The van der Waals surface area contributed by atoms with Crippen LogP contribution >= 0.6 is 0 Å². The highest BCUT2D eigenvalue weighted by Crippen LogP contribution is 2.18. The number of hydrogen-bond donors (Lipinski definition) is 2. The average Bonchev–Trinajstić information content (AvgIpc) is 3.21. The number of nitro groups is 1. The van der Waals surface area contributed by atoms with E-state index in [4.69, 9.17) is 0 Å². The van der Waals surface area contributed by atoms with Gasteiger partial charge in [0.1, 0.15) is 5.82 Å². The molecule has 0 radical (unpaired) electrons. The van der Waals surface area contributed by atoms with Crippen molar-refractivity contribution in [3.8, 4) is 5.69 Å². The number of nitrogens with zero attached hydrogens (tertiary/aromatic N) is 3. The zero-order valence-electron chi connectivity index (χ0n) is 17.0. The minimum absolute atomic E-state index is 0.0160. The van der Waals surface area contributed by atoms with Gasteiger partial charge in [-0.25, -0.2) is 22.2 Å². The van der Waals surface area contributed by atoms with Gasteiger partial charge in [-0.15, -0.1) is 0 Å². The van der Waals surface area contributed by atoms with Gasteiger partial charge < -0.3 is 5.32 Å². The van der Waals surface area contributed by atoms with Crippen molar-refractivity contribution in [3.63, 3.8) is 0 Å². The number of hydrogen-bond acceptors (Lipinski definition) is 6. The van der Waals surface area contributed by atoms with Gasteiger partial charge in [-0.1, -0.05) is 13.0 Å². The van der Waals surface area contributed by atoms with Gasteiger partial charge in [0.05, 0.1) is 33.0 Å².